The number of rotatable bonds is 3. The van der Waals surface area contributed by atoms with Crippen LogP contribution in [0.1, 0.15) is 23.1 Å². The number of thiazole rings is 1. The monoisotopic (exact) mass is 355 g/mol. The van der Waals surface area contributed by atoms with Gasteiger partial charge in [0.1, 0.15) is 0 Å². The van der Waals surface area contributed by atoms with Crippen molar-refractivity contribution in [1.82, 2.24) is 4.98 Å². The fourth-order valence-corrected chi connectivity index (χ4v) is 3.52. The number of hydrogen-bond acceptors (Lipinski definition) is 4. The fourth-order valence-electron chi connectivity index (χ4n) is 2.86. The number of nitrogens with zero attached hydrogens (tertiary/aromatic N) is 2. The van der Waals surface area contributed by atoms with Crippen LogP contribution in [-0.2, 0) is 6.42 Å². The molecule has 4 rings (SSSR count). The van der Waals surface area contributed by atoms with Crippen molar-refractivity contribution in [2.75, 3.05) is 5.43 Å². The van der Waals surface area contributed by atoms with Crippen LogP contribution < -0.4 is 5.43 Å². The quantitative estimate of drug-likeness (QED) is 0.647. The van der Waals surface area contributed by atoms with Crippen molar-refractivity contribution in [2.45, 2.75) is 19.8 Å². The van der Waals surface area contributed by atoms with E-state index >= 15 is 0 Å². The van der Waals surface area contributed by atoms with E-state index in [1.807, 2.05) is 18.2 Å². The molecule has 3 aromatic rings. The number of nitrogens with one attached hydrogen (secondary N) is 1. The topological polar surface area (TPSA) is 37.3 Å². The fraction of sp³-hybridized carbons (Fsp3) is 0.158. The maximum atomic E-state index is 4.62. The second kappa shape index (κ2) is 7.16. The van der Waals surface area contributed by atoms with Crippen LogP contribution in [-0.4, -0.2) is 10.7 Å². The van der Waals surface area contributed by atoms with E-state index in [9.17, 15) is 0 Å². The number of aromatic nitrogens is 1. The van der Waals surface area contributed by atoms with E-state index in [0.29, 0.717) is 0 Å². The minimum Gasteiger partial charge on any atom is -0.252 e. The van der Waals surface area contributed by atoms with Gasteiger partial charge in [-0.1, -0.05) is 48.0 Å². The summed E-state index contributed by atoms with van der Waals surface area (Å²) in [6.45, 7) is 2.12. The molecule has 0 radical (unpaired) electrons. The van der Waals surface area contributed by atoms with E-state index in [1.54, 1.807) is 11.3 Å². The Bertz CT molecular complexity index is 871. The summed E-state index contributed by atoms with van der Waals surface area (Å²) in [5.41, 5.74) is 10.3. The van der Waals surface area contributed by atoms with E-state index in [1.165, 1.54) is 16.7 Å². The van der Waals surface area contributed by atoms with Crippen molar-refractivity contribution >= 4 is 34.6 Å². The molecule has 1 N–H and O–H groups in total. The predicted molar refractivity (Wildman–Crippen MR) is 104 cm³/mol. The summed E-state index contributed by atoms with van der Waals surface area (Å²) in [6, 6.07) is 16.8. The lowest BCUT2D eigenvalue weighted by molar-refractivity contribution is 1.09. The Balaban J connectivity index is 0.00000169. The van der Waals surface area contributed by atoms with E-state index < -0.39 is 0 Å². The Morgan fingerprint density at radius 3 is 2.75 bits per heavy atom. The van der Waals surface area contributed by atoms with Crippen LogP contribution in [0.25, 0.3) is 11.3 Å². The predicted octanol–water partition coefficient (Wildman–Crippen LogP) is 5.30. The molecule has 1 aromatic heterocycles. The molecule has 122 valence electrons. The Morgan fingerprint density at radius 1 is 1.08 bits per heavy atom. The molecule has 0 spiro atoms. The van der Waals surface area contributed by atoms with Crippen molar-refractivity contribution in [3.63, 3.8) is 0 Å². The highest BCUT2D eigenvalue weighted by Gasteiger charge is 2.17. The van der Waals surface area contributed by atoms with Crippen LogP contribution in [0.5, 0.6) is 0 Å². The third-order valence-electron chi connectivity index (χ3n) is 4.07. The van der Waals surface area contributed by atoms with Crippen LogP contribution in [0.4, 0.5) is 5.13 Å². The Labute approximate surface area is 151 Å². The van der Waals surface area contributed by atoms with Gasteiger partial charge in [0, 0.05) is 16.5 Å². The second-order valence-corrected chi connectivity index (χ2v) is 6.59. The SMILES string of the molecule is Cc1ccc2c(c1)/C(=N/Nc1nc(-c3ccccc3)cs1)CC2.Cl. The van der Waals surface area contributed by atoms with Gasteiger partial charge < -0.3 is 0 Å². The molecule has 0 atom stereocenters. The highest BCUT2D eigenvalue weighted by molar-refractivity contribution is 7.14. The Morgan fingerprint density at radius 2 is 1.92 bits per heavy atom. The van der Waals surface area contributed by atoms with Gasteiger partial charge in [-0.15, -0.1) is 23.7 Å². The van der Waals surface area contributed by atoms with Crippen LogP contribution in [0.15, 0.2) is 59.0 Å². The van der Waals surface area contributed by atoms with Gasteiger partial charge in [-0.2, -0.15) is 5.10 Å². The first kappa shape index (κ1) is 16.7. The standard InChI is InChI=1S/C19H17N3S.ClH/c1-13-7-8-14-9-10-17(16(14)11-13)21-22-19-20-18(12-23-19)15-5-3-2-4-6-15;/h2-8,11-12H,9-10H2,1H3,(H,20,22);1H/b21-17+;. The molecular weight excluding hydrogens is 338 g/mol. The maximum Gasteiger partial charge on any atom is 0.203 e. The van der Waals surface area contributed by atoms with Gasteiger partial charge in [0.2, 0.25) is 5.13 Å². The number of benzene rings is 2. The molecule has 0 saturated heterocycles. The first-order valence-corrected chi connectivity index (χ1v) is 8.61. The second-order valence-electron chi connectivity index (χ2n) is 5.73. The zero-order valence-electron chi connectivity index (χ0n) is 13.3. The number of anilines is 1. The van der Waals surface area contributed by atoms with Crippen molar-refractivity contribution < 1.29 is 0 Å². The summed E-state index contributed by atoms with van der Waals surface area (Å²) in [6.07, 6.45) is 2.06. The molecule has 1 heterocycles. The zero-order valence-corrected chi connectivity index (χ0v) is 15.0. The maximum absolute atomic E-state index is 4.62. The van der Waals surface area contributed by atoms with Gasteiger partial charge in [0.05, 0.1) is 11.4 Å². The average molecular weight is 356 g/mol. The van der Waals surface area contributed by atoms with Crippen molar-refractivity contribution in [2.24, 2.45) is 5.10 Å². The lowest BCUT2D eigenvalue weighted by atomic mass is 10.1. The summed E-state index contributed by atoms with van der Waals surface area (Å²) in [7, 11) is 0. The van der Waals surface area contributed by atoms with Crippen LogP contribution in [0.2, 0.25) is 0 Å². The summed E-state index contributed by atoms with van der Waals surface area (Å²) in [5, 5.41) is 7.49. The largest absolute Gasteiger partial charge is 0.252 e. The number of hydrazone groups is 1. The normalized spacial score (nSPS) is 14.3. The minimum absolute atomic E-state index is 0. The number of halogens is 1. The van der Waals surface area contributed by atoms with Gasteiger partial charge in [0.15, 0.2) is 0 Å². The summed E-state index contributed by atoms with van der Waals surface area (Å²) >= 11 is 1.58. The van der Waals surface area contributed by atoms with Crippen LogP contribution >= 0.6 is 23.7 Å². The van der Waals surface area contributed by atoms with E-state index in [0.717, 1.165) is 34.9 Å². The summed E-state index contributed by atoms with van der Waals surface area (Å²) in [4.78, 5) is 4.62. The lowest BCUT2D eigenvalue weighted by Gasteiger charge is -2.02. The van der Waals surface area contributed by atoms with Gasteiger partial charge in [-0.05, 0) is 31.4 Å². The number of hydrogen-bond donors (Lipinski definition) is 1. The van der Waals surface area contributed by atoms with Gasteiger partial charge >= 0.3 is 0 Å². The molecule has 0 aliphatic heterocycles. The summed E-state index contributed by atoms with van der Waals surface area (Å²) < 4.78 is 0. The molecule has 5 heteroatoms. The smallest absolute Gasteiger partial charge is 0.203 e. The molecule has 0 unspecified atom stereocenters. The molecule has 24 heavy (non-hydrogen) atoms. The number of fused-ring (bicyclic) bond motifs is 1. The van der Waals surface area contributed by atoms with Gasteiger partial charge in [0.25, 0.3) is 0 Å². The van der Waals surface area contributed by atoms with Crippen molar-refractivity contribution in [1.29, 1.82) is 0 Å². The van der Waals surface area contributed by atoms with Crippen LogP contribution in [0, 0.1) is 6.92 Å². The summed E-state index contributed by atoms with van der Waals surface area (Å²) in [5.74, 6) is 0. The van der Waals surface area contributed by atoms with Crippen molar-refractivity contribution in [3.05, 3.63) is 70.6 Å². The first-order chi connectivity index (χ1) is 11.3. The molecule has 0 saturated carbocycles. The lowest BCUT2D eigenvalue weighted by Crippen LogP contribution is -2.00. The molecule has 0 amide bonds. The molecule has 2 aromatic carbocycles. The highest BCUT2D eigenvalue weighted by Crippen LogP contribution is 2.26. The zero-order chi connectivity index (χ0) is 15.6. The molecule has 0 bridgehead atoms. The first-order valence-electron chi connectivity index (χ1n) is 7.73. The minimum atomic E-state index is 0. The van der Waals surface area contributed by atoms with Gasteiger partial charge in [-0.3, -0.25) is 5.43 Å². The van der Waals surface area contributed by atoms with E-state index in [4.69, 9.17) is 0 Å². The van der Waals surface area contributed by atoms with Gasteiger partial charge in [-0.25, -0.2) is 4.98 Å². The third-order valence-corrected chi connectivity index (χ3v) is 4.81. The average Bonchev–Trinajstić information content (AvgIpc) is 3.20. The van der Waals surface area contributed by atoms with Crippen molar-refractivity contribution in [3.8, 4) is 11.3 Å². The third kappa shape index (κ3) is 3.35. The highest BCUT2D eigenvalue weighted by atomic mass is 35.5. The molecule has 0 fully saturated rings. The van der Waals surface area contributed by atoms with Crippen LogP contribution in [0.3, 0.4) is 0 Å². The number of aryl methyl sites for hydroxylation is 2. The molecule has 3 nitrogen and oxygen atoms in total. The Kier molecular flexibility index (Phi) is 4.97. The molecule has 1 aliphatic rings. The Hall–Kier alpha value is -2.17. The molecular formula is C19H18ClN3S. The van der Waals surface area contributed by atoms with E-state index in [2.05, 4.69) is 58.1 Å². The van der Waals surface area contributed by atoms with E-state index in [-0.39, 0.29) is 12.4 Å². The molecule has 1 aliphatic carbocycles.